The van der Waals surface area contributed by atoms with Gasteiger partial charge in [0.1, 0.15) is 11.2 Å². The van der Waals surface area contributed by atoms with Crippen LogP contribution in [0.3, 0.4) is 0 Å². The minimum absolute atomic E-state index is 0.882. The first kappa shape index (κ1) is 36.9. The van der Waals surface area contributed by atoms with Crippen molar-refractivity contribution in [3.8, 4) is 39.1 Å². The summed E-state index contributed by atoms with van der Waals surface area (Å²) in [6, 6.07) is 87.6. The fourth-order valence-corrected chi connectivity index (χ4v) is 10.2. The average molecular weight is 829 g/mol. The van der Waals surface area contributed by atoms with E-state index in [1.165, 1.54) is 54.7 Å². The Morgan fingerprint density at radius 2 is 0.831 bits per heavy atom. The van der Waals surface area contributed by atoms with Gasteiger partial charge < -0.3 is 13.9 Å². The van der Waals surface area contributed by atoms with E-state index in [0.717, 1.165) is 66.8 Å². The van der Waals surface area contributed by atoms with Gasteiger partial charge in [-0.25, -0.2) is 0 Å². The van der Waals surface area contributed by atoms with Crippen molar-refractivity contribution in [2.24, 2.45) is 0 Å². The number of furan rings is 1. The first-order valence-corrected chi connectivity index (χ1v) is 22.2. The Balaban J connectivity index is 0.969. The molecule has 0 radical (unpaired) electrons. The van der Waals surface area contributed by atoms with Crippen LogP contribution >= 0.6 is 0 Å². The highest BCUT2D eigenvalue weighted by molar-refractivity contribution is 6.18. The Labute approximate surface area is 376 Å². The minimum Gasteiger partial charge on any atom is -0.455 e. The van der Waals surface area contributed by atoms with Crippen LogP contribution in [0.2, 0.25) is 0 Å². The Morgan fingerprint density at radius 1 is 0.308 bits per heavy atom. The zero-order valence-corrected chi connectivity index (χ0v) is 35.4. The van der Waals surface area contributed by atoms with E-state index in [-0.39, 0.29) is 0 Å². The molecule has 13 rings (SSSR count). The number of anilines is 3. The molecule has 0 aliphatic carbocycles. The molecule has 65 heavy (non-hydrogen) atoms. The van der Waals surface area contributed by atoms with Crippen LogP contribution in [-0.2, 0) is 0 Å². The molecule has 2 aromatic heterocycles. The molecule has 2 heterocycles. The molecular formula is C62H40N2O. The summed E-state index contributed by atoms with van der Waals surface area (Å²) in [5, 5.41) is 9.50. The highest BCUT2D eigenvalue weighted by atomic mass is 16.3. The lowest BCUT2D eigenvalue weighted by Gasteiger charge is -2.28. The van der Waals surface area contributed by atoms with E-state index in [0.29, 0.717) is 0 Å². The van der Waals surface area contributed by atoms with Crippen LogP contribution in [0.15, 0.2) is 247 Å². The van der Waals surface area contributed by atoms with Gasteiger partial charge >= 0.3 is 0 Å². The first-order valence-electron chi connectivity index (χ1n) is 22.2. The number of benzene rings is 11. The molecule has 0 bridgehead atoms. The third-order valence-corrected chi connectivity index (χ3v) is 13.2. The molecule has 3 nitrogen and oxygen atoms in total. The molecule has 0 aliphatic heterocycles. The van der Waals surface area contributed by atoms with Gasteiger partial charge in [-0.2, -0.15) is 0 Å². The monoisotopic (exact) mass is 828 g/mol. The van der Waals surface area contributed by atoms with Crippen molar-refractivity contribution in [2.45, 2.75) is 0 Å². The summed E-state index contributed by atoms with van der Waals surface area (Å²) >= 11 is 0. The smallest absolute Gasteiger partial charge is 0.143 e. The van der Waals surface area contributed by atoms with Gasteiger partial charge in [-0.3, -0.25) is 0 Å². The Kier molecular flexibility index (Phi) is 8.53. The highest BCUT2D eigenvalue weighted by Crippen LogP contribution is 2.46. The van der Waals surface area contributed by atoms with Gasteiger partial charge in [0, 0.05) is 55.1 Å². The molecule has 0 amide bonds. The SMILES string of the molecule is c1cc(N(c2ccc(-c3ccc(-c4cccc5ccccc45)cc3)cc2)c2ccccc2-c2cccc3c2oc2c4ccccc4ccc32)cc(-n2c3ccccc3c3ccccc32)c1. The molecule has 0 spiro atoms. The summed E-state index contributed by atoms with van der Waals surface area (Å²) < 4.78 is 9.34. The second-order valence-corrected chi connectivity index (χ2v) is 16.8. The summed E-state index contributed by atoms with van der Waals surface area (Å²) in [5.74, 6) is 0. The molecule has 0 saturated heterocycles. The van der Waals surface area contributed by atoms with Gasteiger partial charge in [0.15, 0.2) is 0 Å². The lowest BCUT2D eigenvalue weighted by molar-refractivity contribution is 0.674. The standard InChI is InChI=1S/C62H40N2O/c1-3-19-49-43(14-1)16-11-24-50(49)45-32-30-41(31-33-45)42-34-37-46(38-35-42)63(47-17-12-18-48(40-47)64-59-28-9-5-21-52(59)53-22-6-10-29-60(53)64)58-27-8-7-23-54(58)55-25-13-26-56-57-39-36-44-15-2-4-20-51(44)61(57)65-62(55)56/h1-40H. The minimum atomic E-state index is 0.882. The quantitative estimate of drug-likeness (QED) is 0.160. The average Bonchev–Trinajstić information content (AvgIpc) is 3.94. The van der Waals surface area contributed by atoms with Crippen LogP contribution in [0.4, 0.5) is 17.1 Å². The molecule has 0 unspecified atom stereocenters. The van der Waals surface area contributed by atoms with E-state index in [1.807, 2.05) is 0 Å². The van der Waals surface area contributed by atoms with E-state index in [4.69, 9.17) is 4.42 Å². The van der Waals surface area contributed by atoms with Gasteiger partial charge in [0.05, 0.1) is 16.7 Å². The van der Waals surface area contributed by atoms with E-state index < -0.39 is 0 Å². The molecule has 3 heteroatoms. The summed E-state index contributed by atoms with van der Waals surface area (Å²) in [5.41, 5.74) is 15.3. The predicted octanol–water partition coefficient (Wildman–Crippen LogP) is 17.5. The fraction of sp³-hybridized carbons (Fsp3) is 0. The number of nitrogens with zero attached hydrogens (tertiary/aromatic N) is 2. The molecule has 0 N–H and O–H groups in total. The van der Waals surface area contributed by atoms with Crippen molar-refractivity contribution >= 4 is 82.4 Å². The van der Waals surface area contributed by atoms with Gasteiger partial charge in [-0.05, 0) is 93.0 Å². The second-order valence-electron chi connectivity index (χ2n) is 16.8. The number of rotatable bonds is 7. The van der Waals surface area contributed by atoms with E-state index in [2.05, 4.69) is 252 Å². The van der Waals surface area contributed by atoms with Crippen molar-refractivity contribution in [3.05, 3.63) is 243 Å². The van der Waals surface area contributed by atoms with E-state index in [1.54, 1.807) is 0 Å². The third-order valence-electron chi connectivity index (χ3n) is 13.2. The maximum absolute atomic E-state index is 6.95. The molecular weight excluding hydrogens is 789 g/mol. The van der Waals surface area contributed by atoms with Crippen LogP contribution < -0.4 is 4.90 Å². The molecule has 13 aromatic rings. The lowest BCUT2D eigenvalue weighted by atomic mass is 9.96. The first-order chi connectivity index (χ1) is 32.2. The summed E-state index contributed by atoms with van der Waals surface area (Å²) in [6.45, 7) is 0. The number of hydrogen-bond donors (Lipinski definition) is 0. The van der Waals surface area contributed by atoms with Crippen LogP contribution in [0.1, 0.15) is 0 Å². The Hall–Kier alpha value is -8.66. The zero-order valence-electron chi connectivity index (χ0n) is 35.4. The van der Waals surface area contributed by atoms with Crippen molar-refractivity contribution in [1.29, 1.82) is 0 Å². The number of hydrogen-bond acceptors (Lipinski definition) is 2. The van der Waals surface area contributed by atoms with Crippen molar-refractivity contribution in [2.75, 3.05) is 4.90 Å². The molecule has 0 aliphatic rings. The van der Waals surface area contributed by atoms with Crippen LogP contribution in [-0.4, -0.2) is 4.57 Å². The maximum atomic E-state index is 6.95. The number of aromatic nitrogens is 1. The van der Waals surface area contributed by atoms with Crippen LogP contribution in [0, 0.1) is 0 Å². The van der Waals surface area contributed by atoms with Gasteiger partial charge in [-0.15, -0.1) is 0 Å². The molecule has 0 fully saturated rings. The highest BCUT2D eigenvalue weighted by Gasteiger charge is 2.22. The van der Waals surface area contributed by atoms with E-state index in [9.17, 15) is 0 Å². The molecule has 11 aromatic carbocycles. The molecule has 0 saturated carbocycles. The van der Waals surface area contributed by atoms with Gasteiger partial charge in [-0.1, -0.05) is 188 Å². The van der Waals surface area contributed by atoms with Gasteiger partial charge in [0.25, 0.3) is 0 Å². The zero-order chi connectivity index (χ0) is 42.8. The summed E-state index contributed by atoms with van der Waals surface area (Å²) in [6.07, 6.45) is 0. The fourth-order valence-electron chi connectivity index (χ4n) is 10.2. The summed E-state index contributed by atoms with van der Waals surface area (Å²) in [4.78, 5) is 2.40. The van der Waals surface area contributed by atoms with Crippen LogP contribution in [0.5, 0.6) is 0 Å². The van der Waals surface area contributed by atoms with E-state index >= 15 is 0 Å². The van der Waals surface area contributed by atoms with Crippen molar-refractivity contribution < 1.29 is 4.42 Å². The summed E-state index contributed by atoms with van der Waals surface area (Å²) in [7, 11) is 0. The lowest BCUT2D eigenvalue weighted by Crippen LogP contribution is -2.12. The van der Waals surface area contributed by atoms with Crippen LogP contribution in [0.25, 0.3) is 104 Å². The van der Waals surface area contributed by atoms with Crippen molar-refractivity contribution in [1.82, 2.24) is 4.57 Å². The maximum Gasteiger partial charge on any atom is 0.143 e. The Morgan fingerprint density at radius 3 is 1.60 bits per heavy atom. The second kappa shape index (κ2) is 15.0. The predicted molar refractivity (Wildman–Crippen MR) is 274 cm³/mol. The third kappa shape index (κ3) is 6.05. The molecule has 304 valence electrons. The number of para-hydroxylation sites is 4. The Bertz CT molecular complexity index is 3890. The molecule has 0 atom stereocenters. The van der Waals surface area contributed by atoms with Gasteiger partial charge in [0.2, 0.25) is 0 Å². The number of fused-ring (bicyclic) bond motifs is 9. The topological polar surface area (TPSA) is 21.3 Å². The normalized spacial score (nSPS) is 11.7. The largest absolute Gasteiger partial charge is 0.455 e. The van der Waals surface area contributed by atoms with Crippen molar-refractivity contribution in [3.63, 3.8) is 0 Å².